The molecule has 0 unspecified atom stereocenters. The number of rotatable bonds is 10. The van der Waals surface area contributed by atoms with Crippen molar-refractivity contribution in [3.8, 4) is 0 Å². The zero-order valence-electron chi connectivity index (χ0n) is 18.9. The van der Waals surface area contributed by atoms with Crippen molar-refractivity contribution in [2.45, 2.75) is 57.5 Å². The normalized spacial score (nSPS) is 12.2. The third kappa shape index (κ3) is 7.76. The molecule has 0 aliphatic rings. The van der Waals surface area contributed by atoms with Crippen LogP contribution in [0.4, 0.5) is 0 Å². The van der Waals surface area contributed by atoms with Gasteiger partial charge in [0.25, 0.3) is 0 Å². The highest BCUT2D eigenvalue weighted by atomic mass is 127. The molecule has 0 aliphatic carbocycles. The van der Waals surface area contributed by atoms with Crippen LogP contribution in [-0.2, 0) is 23.1 Å². The number of nitrogens with one attached hydrogen (secondary N) is 2. The van der Waals surface area contributed by atoms with Crippen LogP contribution in [0.15, 0.2) is 44.7 Å². The van der Waals surface area contributed by atoms with Gasteiger partial charge in [-0.15, -0.1) is 24.0 Å². The van der Waals surface area contributed by atoms with E-state index in [0.717, 1.165) is 36.4 Å². The Kier molecular flexibility index (Phi) is 11.5. The Morgan fingerprint density at radius 3 is 2.32 bits per heavy atom. The molecule has 0 spiro atoms. The number of hydrogen-bond donors (Lipinski definition) is 2. The molecular formula is C21H34IN5O3S. The summed E-state index contributed by atoms with van der Waals surface area (Å²) in [5.74, 6) is 1.84. The fourth-order valence-electron chi connectivity index (χ4n) is 2.97. The van der Waals surface area contributed by atoms with Gasteiger partial charge in [0.1, 0.15) is 0 Å². The fourth-order valence-corrected chi connectivity index (χ4v) is 3.87. The Balaban J connectivity index is 0.00000480. The first-order valence-electron chi connectivity index (χ1n) is 10.3. The summed E-state index contributed by atoms with van der Waals surface area (Å²) >= 11 is 0. The summed E-state index contributed by atoms with van der Waals surface area (Å²) in [6.45, 7) is 7.93. The number of benzene rings is 1. The number of guanidine groups is 1. The monoisotopic (exact) mass is 563 g/mol. The molecule has 0 saturated carbocycles. The first-order chi connectivity index (χ1) is 14.3. The highest BCUT2D eigenvalue weighted by Crippen LogP contribution is 2.22. The average Bonchev–Trinajstić information content (AvgIpc) is 3.20. The van der Waals surface area contributed by atoms with E-state index in [2.05, 4.69) is 34.6 Å². The van der Waals surface area contributed by atoms with E-state index in [1.807, 2.05) is 13.0 Å². The van der Waals surface area contributed by atoms with Gasteiger partial charge in [-0.2, -0.15) is 0 Å². The van der Waals surface area contributed by atoms with Crippen LogP contribution in [0.1, 0.15) is 56.5 Å². The van der Waals surface area contributed by atoms with E-state index in [1.54, 1.807) is 24.3 Å². The Labute approximate surface area is 202 Å². The second-order valence-corrected chi connectivity index (χ2v) is 9.36. The summed E-state index contributed by atoms with van der Waals surface area (Å²) in [6.07, 6.45) is 2.07. The number of halogens is 1. The minimum Gasteiger partial charge on any atom is -0.359 e. The van der Waals surface area contributed by atoms with Crippen molar-refractivity contribution in [3.63, 3.8) is 0 Å². The van der Waals surface area contributed by atoms with E-state index in [9.17, 15) is 8.42 Å². The van der Waals surface area contributed by atoms with Crippen molar-refractivity contribution in [3.05, 3.63) is 47.3 Å². The van der Waals surface area contributed by atoms with E-state index in [0.29, 0.717) is 25.0 Å². The summed E-state index contributed by atoms with van der Waals surface area (Å²) in [5, 5.41) is 10.6. The van der Waals surface area contributed by atoms with E-state index < -0.39 is 10.0 Å². The van der Waals surface area contributed by atoms with Crippen molar-refractivity contribution in [2.75, 3.05) is 20.6 Å². The molecular weight excluding hydrogens is 529 g/mol. The number of aromatic nitrogens is 1. The van der Waals surface area contributed by atoms with E-state index in [1.165, 1.54) is 18.4 Å². The maximum absolute atomic E-state index is 12.2. The van der Waals surface area contributed by atoms with Gasteiger partial charge in [-0.3, -0.25) is 0 Å². The predicted octanol–water partition coefficient (Wildman–Crippen LogP) is 3.70. The molecule has 0 fully saturated rings. The standard InChI is InChI=1S/C21H33N5O3S.HI/c1-6-17(7-2)20-13-18(29-25-20)15-24-21(22-8-3)23-14-16-9-11-19(12-10-16)30(27,28)26(4)5;/h9-13,17H,6-8,14-15H2,1-5H3,(H2,22,23,24);1H. The van der Waals surface area contributed by atoms with Crippen LogP contribution in [0.25, 0.3) is 0 Å². The highest BCUT2D eigenvalue weighted by Gasteiger charge is 2.16. The average molecular weight is 564 g/mol. The van der Waals surface area contributed by atoms with Crippen molar-refractivity contribution >= 4 is 40.0 Å². The summed E-state index contributed by atoms with van der Waals surface area (Å²) in [6, 6.07) is 8.77. The minimum atomic E-state index is -3.42. The maximum atomic E-state index is 12.2. The Bertz CT molecular complexity index is 923. The van der Waals surface area contributed by atoms with Crippen molar-refractivity contribution in [1.29, 1.82) is 0 Å². The van der Waals surface area contributed by atoms with Crippen LogP contribution in [0.3, 0.4) is 0 Å². The lowest BCUT2D eigenvalue weighted by atomic mass is 9.99. The smallest absolute Gasteiger partial charge is 0.242 e. The molecule has 2 N–H and O–H groups in total. The molecule has 1 aromatic heterocycles. The molecule has 31 heavy (non-hydrogen) atoms. The molecule has 0 bridgehead atoms. The lowest BCUT2D eigenvalue weighted by Crippen LogP contribution is -2.36. The van der Waals surface area contributed by atoms with E-state index in [-0.39, 0.29) is 28.9 Å². The second-order valence-electron chi connectivity index (χ2n) is 7.21. The first kappa shape index (κ1) is 27.4. The van der Waals surface area contributed by atoms with Crippen LogP contribution in [0, 0.1) is 0 Å². The van der Waals surface area contributed by atoms with Crippen LogP contribution < -0.4 is 10.6 Å². The molecule has 1 aromatic carbocycles. The van der Waals surface area contributed by atoms with Gasteiger partial charge in [-0.25, -0.2) is 17.7 Å². The minimum absolute atomic E-state index is 0. The highest BCUT2D eigenvalue weighted by molar-refractivity contribution is 14.0. The van der Waals surface area contributed by atoms with E-state index in [4.69, 9.17) is 4.52 Å². The predicted molar refractivity (Wildman–Crippen MR) is 134 cm³/mol. The molecule has 0 atom stereocenters. The van der Waals surface area contributed by atoms with Crippen molar-refractivity contribution < 1.29 is 12.9 Å². The SMILES string of the molecule is CCNC(=NCc1ccc(S(=O)(=O)N(C)C)cc1)NCc1cc(C(CC)CC)no1.I. The van der Waals surface area contributed by atoms with Gasteiger partial charge in [0.05, 0.1) is 23.7 Å². The van der Waals surface area contributed by atoms with Gasteiger partial charge in [-0.1, -0.05) is 31.1 Å². The number of sulfonamides is 1. The lowest BCUT2D eigenvalue weighted by molar-refractivity contribution is 0.368. The van der Waals surface area contributed by atoms with Gasteiger partial charge in [0.2, 0.25) is 10.0 Å². The molecule has 0 aliphatic heterocycles. The molecule has 174 valence electrons. The maximum Gasteiger partial charge on any atom is 0.242 e. The molecule has 8 nitrogen and oxygen atoms in total. The topological polar surface area (TPSA) is 99.8 Å². The fraction of sp³-hybridized carbons (Fsp3) is 0.524. The molecule has 2 aromatic rings. The number of nitrogens with zero attached hydrogens (tertiary/aromatic N) is 3. The summed E-state index contributed by atoms with van der Waals surface area (Å²) in [7, 11) is -0.389. The van der Waals surface area contributed by atoms with Crippen LogP contribution >= 0.6 is 24.0 Å². The van der Waals surface area contributed by atoms with Crippen LogP contribution in [-0.4, -0.2) is 44.5 Å². The molecule has 1 heterocycles. The van der Waals surface area contributed by atoms with Gasteiger partial charge in [-0.05, 0) is 37.5 Å². The molecule has 0 amide bonds. The van der Waals surface area contributed by atoms with Gasteiger partial charge in [0.15, 0.2) is 11.7 Å². The second kappa shape index (κ2) is 13.0. The molecule has 10 heteroatoms. The Morgan fingerprint density at radius 2 is 1.77 bits per heavy atom. The molecule has 0 saturated heterocycles. The van der Waals surface area contributed by atoms with Gasteiger partial charge < -0.3 is 15.2 Å². The van der Waals surface area contributed by atoms with Gasteiger partial charge in [0, 0.05) is 32.6 Å². The van der Waals surface area contributed by atoms with Crippen molar-refractivity contribution in [1.82, 2.24) is 20.1 Å². The van der Waals surface area contributed by atoms with Crippen LogP contribution in [0.2, 0.25) is 0 Å². The Hall–Kier alpha value is -1.66. The zero-order chi connectivity index (χ0) is 22.1. The van der Waals surface area contributed by atoms with E-state index >= 15 is 0 Å². The number of aliphatic imine (C=N–C) groups is 1. The largest absolute Gasteiger partial charge is 0.359 e. The third-order valence-corrected chi connectivity index (χ3v) is 6.71. The van der Waals surface area contributed by atoms with Gasteiger partial charge >= 0.3 is 0 Å². The quantitative estimate of drug-likeness (QED) is 0.260. The summed E-state index contributed by atoms with van der Waals surface area (Å²) in [5.41, 5.74) is 1.91. The summed E-state index contributed by atoms with van der Waals surface area (Å²) in [4.78, 5) is 4.84. The molecule has 0 radical (unpaired) electrons. The zero-order valence-corrected chi connectivity index (χ0v) is 22.0. The molecule has 2 rings (SSSR count). The number of hydrogen-bond acceptors (Lipinski definition) is 5. The Morgan fingerprint density at radius 1 is 1.13 bits per heavy atom. The first-order valence-corrected chi connectivity index (χ1v) is 11.7. The lowest BCUT2D eigenvalue weighted by Gasteiger charge is -2.12. The van der Waals surface area contributed by atoms with Crippen LogP contribution in [0.5, 0.6) is 0 Å². The van der Waals surface area contributed by atoms with Crippen molar-refractivity contribution in [2.24, 2.45) is 4.99 Å². The summed E-state index contributed by atoms with van der Waals surface area (Å²) < 4.78 is 31.0. The third-order valence-electron chi connectivity index (χ3n) is 4.88.